The minimum atomic E-state index is -0.555. The molecule has 3 rings (SSSR count). The van der Waals surface area contributed by atoms with E-state index in [9.17, 15) is 5.11 Å². The summed E-state index contributed by atoms with van der Waals surface area (Å²) in [6.45, 7) is 3.91. The largest absolute Gasteiger partial charge is 0.482 e. The summed E-state index contributed by atoms with van der Waals surface area (Å²) in [7, 11) is 0. The first-order valence-electron chi connectivity index (χ1n) is 7.32. The quantitative estimate of drug-likeness (QED) is 0.923. The molecule has 0 saturated carbocycles. The summed E-state index contributed by atoms with van der Waals surface area (Å²) in [6, 6.07) is 9.44. The van der Waals surface area contributed by atoms with E-state index in [-0.39, 0.29) is 6.10 Å². The summed E-state index contributed by atoms with van der Waals surface area (Å²) < 4.78 is 7.63. The van der Waals surface area contributed by atoms with Crippen LogP contribution in [-0.4, -0.2) is 40.2 Å². The lowest BCUT2D eigenvalue weighted by Crippen LogP contribution is -2.29. The van der Waals surface area contributed by atoms with Crippen LogP contribution in [0.15, 0.2) is 36.7 Å². The highest BCUT2D eigenvalue weighted by atomic mass is 16.5. The Kier molecular flexibility index (Phi) is 3.98. The van der Waals surface area contributed by atoms with Gasteiger partial charge in [0.1, 0.15) is 12.2 Å². The van der Waals surface area contributed by atoms with E-state index in [1.807, 2.05) is 25.3 Å². The molecule has 1 aliphatic heterocycles. The van der Waals surface area contributed by atoms with E-state index in [0.717, 1.165) is 12.2 Å². The summed E-state index contributed by atoms with van der Waals surface area (Å²) in [5.74, 6) is 0.674. The zero-order valence-electron chi connectivity index (χ0n) is 12.4. The van der Waals surface area contributed by atoms with Crippen molar-refractivity contribution >= 4 is 5.69 Å². The Hall–Kier alpha value is -2.52. The van der Waals surface area contributed by atoms with Crippen molar-refractivity contribution in [1.82, 2.24) is 9.78 Å². The minimum Gasteiger partial charge on any atom is -0.482 e. The van der Waals surface area contributed by atoms with E-state index in [2.05, 4.69) is 16.1 Å². The molecule has 1 saturated heterocycles. The molecule has 0 unspecified atom stereocenters. The number of nitriles is 1. The van der Waals surface area contributed by atoms with Crippen molar-refractivity contribution in [3.8, 4) is 11.8 Å². The molecule has 1 aromatic carbocycles. The van der Waals surface area contributed by atoms with Gasteiger partial charge < -0.3 is 14.7 Å². The summed E-state index contributed by atoms with van der Waals surface area (Å²) >= 11 is 0. The van der Waals surface area contributed by atoms with E-state index < -0.39 is 6.10 Å². The van der Waals surface area contributed by atoms with Crippen molar-refractivity contribution in [2.24, 2.45) is 0 Å². The zero-order chi connectivity index (χ0) is 15.5. The standard InChI is InChI=1S/C16H18N4O2/c1-2-20-9-14(8-18-20)22-16-11-19(10-15(16)21)13-5-3-12(7-17)4-6-13/h3-6,8-9,15-16,21H,2,10-11H2,1H3/t15-,16-/m1/s1. The lowest BCUT2D eigenvalue weighted by molar-refractivity contribution is 0.0737. The van der Waals surface area contributed by atoms with Crippen LogP contribution in [0, 0.1) is 11.3 Å². The molecule has 0 spiro atoms. The van der Waals surface area contributed by atoms with Gasteiger partial charge in [-0.25, -0.2) is 0 Å². The van der Waals surface area contributed by atoms with Crippen LogP contribution < -0.4 is 9.64 Å². The maximum absolute atomic E-state index is 10.2. The predicted octanol–water partition coefficient (Wildman–Crippen LogP) is 1.40. The molecule has 0 amide bonds. The molecule has 2 aromatic rings. The molecule has 6 nitrogen and oxygen atoms in total. The fourth-order valence-electron chi connectivity index (χ4n) is 2.58. The van der Waals surface area contributed by atoms with Crippen molar-refractivity contribution in [3.63, 3.8) is 0 Å². The Morgan fingerprint density at radius 3 is 2.77 bits per heavy atom. The first kappa shape index (κ1) is 14.4. The number of ether oxygens (including phenoxy) is 1. The molecule has 0 bridgehead atoms. The number of aliphatic hydroxyl groups is 1. The normalized spacial score (nSPS) is 20.9. The summed E-state index contributed by atoms with van der Waals surface area (Å²) in [4.78, 5) is 2.06. The van der Waals surface area contributed by atoms with Gasteiger partial charge in [0, 0.05) is 18.8 Å². The Bertz CT molecular complexity index is 674. The first-order valence-corrected chi connectivity index (χ1v) is 7.32. The number of aliphatic hydroxyl groups excluding tert-OH is 1. The van der Waals surface area contributed by atoms with Crippen LogP contribution in [0.25, 0.3) is 0 Å². The number of hydrogen-bond acceptors (Lipinski definition) is 5. The van der Waals surface area contributed by atoms with Gasteiger partial charge in [-0.2, -0.15) is 10.4 Å². The highest BCUT2D eigenvalue weighted by molar-refractivity contribution is 5.51. The Morgan fingerprint density at radius 2 is 2.14 bits per heavy atom. The molecule has 0 radical (unpaired) electrons. The molecule has 6 heteroatoms. The summed E-state index contributed by atoms with van der Waals surface area (Å²) in [5.41, 5.74) is 1.61. The average Bonchev–Trinajstić information content (AvgIpc) is 3.15. The summed E-state index contributed by atoms with van der Waals surface area (Å²) in [6.07, 6.45) is 2.66. The topological polar surface area (TPSA) is 74.3 Å². The van der Waals surface area contributed by atoms with E-state index in [4.69, 9.17) is 10.00 Å². The zero-order valence-corrected chi connectivity index (χ0v) is 12.4. The third-order valence-electron chi connectivity index (χ3n) is 3.82. The van der Waals surface area contributed by atoms with E-state index in [0.29, 0.717) is 24.4 Å². The number of rotatable bonds is 4. The maximum atomic E-state index is 10.2. The van der Waals surface area contributed by atoms with Crippen LogP contribution in [0.1, 0.15) is 12.5 Å². The molecule has 1 N–H and O–H groups in total. The van der Waals surface area contributed by atoms with Crippen molar-refractivity contribution in [2.45, 2.75) is 25.7 Å². The number of aromatic nitrogens is 2. The number of hydrogen-bond donors (Lipinski definition) is 1. The maximum Gasteiger partial charge on any atom is 0.157 e. The smallest absolute Gasteiger partial charge is 0.157 e. The van der Waals surface area contributed by atoms with Gasteiger partial charge in [0.2, 0.25) is 0 Å². The van der Waals surface area contributed by atoms with Crippen molar-refractivity contribution < 1.29 is 9.84 Å². The number of nitrogens with zero attached hydrogens (tertiary/aromatic N) is 4. The van der Waals surface area contributed by atoms with E-state index in [1.54, 1.807) is 23.0 Å². The van der Waals surface area contributed by atoms with Crippen LogP contribution in [-0.2, 0) is 6.54 Å². The number of aryl methyl sites for hydroxylation is 1. The molecule has 1 fully saturated rings. The minimum absolute atomic E-state index is 0.287. The van der Waals surface area contributed by atoms with Gasteiger partial charge in [-0.05, 0) is 31.2 Å². The van der Waals surface area contributed by atoms with Crippen molar-refractivity contribution in [2.75, 3.05) is 18.0 Å². The van der Waals surface area contributed by atoms with Crippen molar-refractivity contribution in [1.29, 1.82) is 5.26 Å². The van der Waals surface area contributed by atoms with Gasteiger partial charge in [-0.1, -0.05) is 0 Å². The fourth-order valence-corrected chi connectivity index (χ4v) is 2.58. The highest BCUT2D eigenvalue weighted by Gasteiger charge is 2.33. The third kappa shape index (κ3) is 2.90. The molecular formula is C16H18N4O2. The van der Waals surface area contributed by atoms with Gasteiger partial charge in [0.05, 0.1) is 30.6 Å². The Morgan fingerprint density at radius 1 is 1.36 bits per heavy atom. The van der Waals surface area contributed by atoms with E-state index in [1.165, 1.54) is 0 Å². The predicted molar refractivity (Wildman–Crippen MR) is 81.7 cm³/mol. The number of anilines is 1. The molecule has 1 aliphatic rings. The average molecular weight is 298 g/mol. The third-order valence-corrected chi connectivity index (χ3v) is 3.82. The second-order valence-electron chi connectivity index (χ2n) is 5.32. The SMILES string of the molecule is CCn1cc(O[C@@H]2CN(c3ccc(C#N)cc3)C[C@H]2O)cn1. The fraction of sp³-hybridized carbons (Fsp3) is 0.375. The van der Waals surface area contributed by atoms with Crippen LogP contribution in [0.5, 0.6) is 5.75 Å². The van der Waals surface area contributed by atoms with Gasteiger partial charge in [-0.15, -0.1) is 0 Å². The molecule has 2 heterocycles. The molecule has 2 atom stereocenters. The monoisotopic (exact) mass is 298 g/mol. The van der Waals surface area contributed by atoms with Gasteiger partial charge >= 0.3 is 0 Å². The Balaban J connectivity index is 1.67. The molecule has 114 valence electrons. The Labute approximate surface area is 129 Å². The molecular weight excluding hydrogens is 280 g/mol. The molecule has 1 aromatic heterocycles. The molecule has 22 heavy (non-hydrogen) atoms. The van der Waals surface area contributed by atoms with Crippen molar-refractivity contribution in [3.05, 3.63) is 42.2 Å². The lowest BCUT2D eigenvalue weighted by atomic mass is 10.2. The highest BCUT2D eigenvalue weighted by Crippen LogP contribution is 2.24. The van der Waals surface area contributed by atoms with Crippen LogP contribution in [0.3, 0.4) is 0 Å². The second kappa shape index (κ2) is 6.08. The number of β-amino-alcohol motifs (C(OH)–C–C–N with tert-alkyl or cyclic N) is 1. The van der Waals surface area contributed by atoms with Gasteiger partial charge in [-0.3, -0.25) is 4.68 Å². The second-order valence-corrected chi connectivity index (χ2v) is 5.32. The number of benzene rings is 1. The first-order chi connectivity index (χ1) is 10.7. The van der Waals surface area contributed by atoms with Crippen LogP contribution >= 0.6 is 0 Å². The summed E-state index contributed by atoms with van der Waals surface area (Å²) in [5, 5.41) is 23.2. The van der Waals surface area contributed by atoms with Gasteiger partial charge in [0.15, 0.2) is 5.75 Å². The van der Waals surface area contributed by atoms with Crippen LogP contribution in [0.4, 0.5) is 5.69 Å². The van der Waals surface area contributed by atoms with Crippen LogP contribution in [0.2, 0.25) is 0 Å². The van der Waals surface area contributed by atoms with Gasteiger partial charge in [0.25, 0.3) is 0 Å². The van der Waals surface area contributed by atoms with E-state index >= 15 is 0 Å². The lowest BCUT2D eigenvalue weighted by Gasteiger charge is -2.18. The molecule has 0 aliphatic carbocycles.